The van der Waals surface area contributed by atoms with Crippen molar-refractivity contribution in [2.45, 2.75) is 6.18 Å². The van der Waals surface area contributed by atoms with Gasteiger partial charge >= 0.3 is 6.18 Å². The standard InChI is InChI=1S/C15H10BrF3O2/c16-10-6-7-12(13(8-10)15(17,18)19)14(20)9-21-11-4-2-1-3-5-11/h1-8H,9H2. The van der Waals surface area contributed by atoms with Crippen LogP contribution in [0.4, 0.5) is 13.2 Å². The van der Waals surface area contributed by atoms with Crippen molar-refractivity contribution in [2.75, 3.05) is 6.61 Å². The van der Waals surface area contributed by atoms with Crippen molar-refractivity contribution in [3.63, 3.8) is 0 Å². The average molecular weight is 359 g/mol. The fourth-order valence-corrected chi connectivity index (χ4v) is 2.10. The van der Waals surface area contributed by atoms with Gasteiger partial charge in [-0.1, -0.05) is 34.1 Å². The van der Waals surface area contributed by atoms with E-state index >= 15 is 0 Å². The summed E-state index contributed by atoms with van der Waals surface area (Å²) in [6.45, 7) is -0.450. The fraction of sp³-hybridized carbons (Fsp3) is 0.133. The van der Waals surface area contributed by atoms with Gasteiger partial charge in [0, 0.05) is 10.0 Å². The van der Waals surface area contributed by atoms with Crippen molar-refractivity contribution in [2.24, 2.45) is 0 Å². The van der Waals surface area contributed by atoms with E-state index in [-0.39, 0.29) is 4.47 Å². The molecule has 0 radical (unpaired) electrons. The summed E-state index contributed by atoms with van der Waals surface area (Å²) in [4.78, 5) is 12.0. The Labute approximate surface area is 127 Å². The van der Waals surface area contributed by atoms with Crippen LogP contribution in [0.5, 0.6) is 5.75 Å². The van der Waals surface area contributed by atoms with Crippen LogP contribution >= 0.6 is 15.9 Å². The van der Waals surface area contributed by atoms with Crippen LogP contribution in [0.1, 0.15) is 15.9 Å². The van der Waals surface area contributed by atoms with Gasteiger partial charge in [0.2, 0.25) is 5.78 Å². The molecule has 2 aromatic rings. The maximum Gasteiger partial charge on any atom is 0.417 e. The molecule has 0 saturated carbocycles. The van der Waals surface area contributed by atoms with Crippen LogP contribution in [0.15, 0.2) is 53.0 Å². The highest BCUT2D eigenvalue weighted by Gasteiger charge is 2.35. The molecule has 0 atom stereocenters. The fourth-order valence-electron chi connectivity index (χ4n) is 1.74. The molecule has 0 aliphatic carbocycles. The minimum absolute atomic E-state index is 0.260. The lowest BCUT2D eigenvalue weighted by Crippen LogP contribution is -2.18. The first-order valence-electron chi connectivity index (χ1n) is 5.96. The number of hydrogen-bond donors (Lipinski definition) is 0. The number of benzene rings is 2. The molecule has 21 heavy (non-hydrogen) atoms. The molecule has 0 aliphatic rings. The Kier molecular flexibility index (Phi) is 4.67. The molecule has 2 aromatic carbocycles. The van der Waals surface area contributed by atoms with Gasteiger partial charge in [0.25, 0.3) is 0 Å². The lowest BCUT2D eigenvalue weighted by atomic mass is 10.0. The number of rotatable bonds is 4. The Balaban J connectivity index is 2.20. The van der Waals surface area contributed by atoms with Crippen LogP contribution < -0.4 is 4.74 Å². The predicted molar refractivity (Wildman–Crippen MR) is 75.4 cm³/mol. The van der Waals surface area contributed by atoms with Gasteiger partial charge in [-0.15, -0.1) is 0 Å². The summed E-state index contributed by atoms with van der Waals surface area (Å²) in [5, 5.41) is 0. The molecule has 2 rings (SSSR count). The van der Waals surface area contributed by atoms with Gasteiger partial charge in [-0.2, -0.15) is 13.2 Å². The molecule has 6 heteroatoms. The van der Waals surface area contributed by atoms with Crippen molar-refractivity contribution in [3.05, 3.63) is 64.1 Å². The topological polar surface area (TPSA) is 26.3 Å². The number of halogens is 4. The smallest absolute Gasteiger partial charge is 0.417 e. The largest absolute Gasteiger partial charge is 0.485 e. The van der Waals surface area contributed by atoms with Gasteiger partial charge in [-0.25, -0.2) is 0 Å². The molecule has 0 bridgehead atoms. The highest BCUT2D eigenvalue weighted by atomic mass is 79.9. The zero-order valence-electron chi connectivity index (χ0n) is 10.7. The van der Waals surface area contributed by atoms with Crippen molar-refractivity contribution in [1.29, 1.82) is 0 Å². The maximum absolute atomic E-state index is 12.9. The van der Waals surface area contributed by atoms with Crippen molar-refractivity contribution in [1.82, 2.24) is 0 Å². The molecule has 0 unspecified atom stereocenters. The van der Waals surface area contributed by atoms with Crippen LogP contribution in [0.3, 0.4) is 0 Å². The SMILES string of the molecule is O=C(COc1ccccc1)c1ccc(Br)cc1C(F)(F)F. The molecule has 0 fully saturated rings. The molecular weight excluding hydrogens is 349 g/mol. The summed E-state index contributed by atoms with van der Waals surface area (Å²) in [5.74, 6) is -0.296. The number of carbonyl (C=O) groups is 1. The normalized spacial score (nSPS) is 11.2. The summed E-state index contributed by atoms with van der Waals surface area (Å²) < 4.78 is 44.3. The highest BCUT2D eigenvalue weighted by molar-refractivity contribution is 9.10. The number of hydrogen-bond acceptors (Lipinski definition) is 2. The quantitative estimate of drug-likeness (QED) is 0.738. The van der Waals surface area contributed by atoms with Crippen molar-refractivity contribution < 1.29 is 22.7 Å². The Morgan fingerprint density at radius 2 is 1.76 bits per heavy atom. The zero-order valence-corrected chi connectivity index (χ0v) is 12.2. The minimum Gasteiger partial charge on any atom is -0.485 e. The molecular formula is C15H10BrF3O2. The Morgan fingerprint density at radius 3 is 2.38 bits per heavy atom. The van der Waals surface area contributed by atoms with Gasteiger partial charge in [0.05, 0.1) is 5.56 Å². The summed E-state index contributed by atoms with van der Waals surface area (Å²) in [7, 11) is 0. The summed E-state index contributed by atoms with van der Waals surface area (Å²) >= 11 is 2.97. The number of ketones is 1. The second kappa shape index (κ2) is 6.30. The summed E-state index contributed by atoms with van der Waals surface area (Å²) in [6.07, 6.45) is -4.60. The third-order valence-electron chi connectivity index (χ3n) is 2.70. The van der Waals surface area contributed by atoms with E-state index in [0.717, 1.165) is 12.1 Å². The monoisotopic (exact) mass is 358 g/mol. The van der Waals surface area contributed by atoms with E-state index in [1.54, 1.807) is 30.3 Å². The van der Waals surface area contributed by atoms with Crippen LogP contribution in [0.25, 0.3) is 0 Å². The van der Waals surface area contributed by atoms with E-state index in [4.69, 9.17) is 4.74 Å². The van der Waals surface area contributed by atoms with Gasteiger partial charge < -0.3 is 4.74 Å². The molecule has 0 aromatic heterocycles. The Morgan fingerprint density at radius 1 is 1.10 bits per heavy atom. The van der Waals surface area contributed by atoms with Crippen LogP contribution in [0.2, 0.25) is 0 Å². The molecule has 2 nitrogen and oxygen atoms in total. The summed E-state index contributed by atoms with van der Waals surface area (Å²) in [5.41, 5.74) is -1.37. The third-order valence-corrected chi connectivity index (χ3v) is 3.19. The van der Waals surface area contributed by atoms with E-state index in [2.05, 4.69) is 15.9 Å². The highest BCUT2D eigenvalue weighted by Crippen LogP contribution is 2.34. The van der Waals surface area contributed by atoms with Crippen molar-refractivity contribution >= 4 is 21.7 Å². The van der Waals surface area contributed by atoms with E-state index in [0.29, 0.717) is 5.75 Å². The lowest BCUT2D eigenvalue weighted by Gasteiger charge is -2.13. The van der Waals surface area contributed by atoms with E-state index in [1.807, 2.05) is 0 Å². The number of alkyl halides is 3. The predicted octanol–water partition coefficient (Wildman–Crippen LogP) is 4.73. The molecule has 0 amide bonds. The van der Waals surface area contributed by atoms with E-state index in [9.17, 15) is 18.0 Å². The molecule has 0 N–H and O–H groups in total. The van der Waals surface area contributed by atoms with Gasteiger partial charge in [0.15, 0.2) is 6.61 Å². The van der Waals surface area contributed by atoms with E-state index < -0.39 is 29.7 Å². The molecule has 110 valence electrons. The maximum atomic E-state index is 12.9. The van der Waals surface area contributed by atoms with Crippen LogP contribution in [-0.4, -0.2) is 12.4 Å². The molecule has 0 aliphatic heterocycles. The first-order chi connectivity index (χ1) is 9.88. The number of ether oxygens (including phenoxy) is 1. The summed E-state index contributed by atoms with van der Waals surface area (Å²) in [6, 6.07) is 11.9. The second-order valence-corrected chi connectivity index (χ2v) is 5.13. The third kappa shape index (κ3) is 4.07. The number of Topliss-reactive ketones (excluding diaryl/α,β-unsaturated/α-hetero) is 1. The lowest BCUT2D eigenvalue weighted by molar-refractivity contribution is -0.138. The number of para-hydroxylation sites is 1. The van der Waals surface area contributed by atoms with Crippen LogP contribution in [0, 0.1) is 0 Å². The minimum atomic E-state index is -4.60. The van der Waals surface area contributed by atoms with Gasteiger partial charge in [-0.3, -0.25) is 4.79 Å². The molecule has 0 heterocycles. The van der Waals surface area contributed by atoms with E-state index in [1.165, 1.54) is 6.07 Å². The molecule has 0 spiro atoms. The number of carbonyl (C=O) groups excluding carboxylic acids is 1. The first kappa shape index (κ1) is 15.6. The Hall–Kier alpha value is -1.82. The average Bonchev–Trinajstić information content (AvgIpc) is 2.45. The zero-order chi connectivity index (χ0) is 15.5. The van der Waals surface area contributed by atoms with Gasteiger partial charge in [-0.05, 0) is 30.3 Å². The van der Waals surface area contributed by atoms with Crippen molar-refractivity contribution in [3.8, 4) is 5.75 Å². The first-order valence-corrected chi connectivity index (χ1v) is 6.75. The van der Waals surface area contributed by atoms with Crippen LogP contribution in [-0.2, 0) is 6.18 Å². The second-order valence-electron chi connectivity index (χ2n) is 4.21. The molecule has 0 saturated heterocycles. The van der Waals surface area contributed by atoms with Gasteiger partial charge in [0.1, 0.15) is 5.75 Å². The Bertz CT molecular complexity index is 639.